The van der Waals surface area contributed by atoms with Crippen molar-refractivity contribution in [3.05, 3.63) is 57.3 Å². The molecule has 0 aliphatic heterocycles. The van der Waals surface area contributed by atoms with Crippen LogP contribution in [0.1, 0.15) is 25.7 Å². The van der Waals surface area contributed by atoms with Crippen LogP contribution in [0.25, 0.3) is 0 Å². The molecule has 0 aliphatic carbocycles. The van der Waals surface area contributed by atoms with Crippen molar-refractivity contribution < 1.29 is 9.90 Å². The van der Waals surface area contributed by atoms with E-state index in [0.717, 1.165) is 9.75 Å². The smallest absolute Gasteiger partial charge is 0.251 e. The van der Waals surface area contributed by atoms with Gasteiger partial charge in [0, 0.05) is 10.4 Å². The third-order valence-corrected chi connectivity index (χ3v) is 3.65. The highest BCUT2D eigenvalue weighted by Crippen LogP contribution is 2.15. The number of carbonyl (C=O) groups is 1. The van der Waals surface area contributed by atoms with Gasteiger partial charge >= 0.3 is 0 Å². The van der Waals surface area contributed by atoms with Gasteiger partial charge in [-0.2, -0.15) is 5.26 Å². The molecule has 1 amide bonds. The van der Waals surface area contributed by atoms with E-state index in [0.29, 0.717) is 17.7 Å². The first-order valence-corrected chi connectivity index (χ1v) is 7.01. The summed E-state index contributed by atoms with van der Waals surface area (Å²) in [6.07, 6.45) is 0. The minimum absolute atomic E-state index is 0.164. The Balaban J connectivity index is 1.94. The molecule has 0 aliphatic rings. The molecule has 1 heterocycles. The summed E-state index contributed by atoms with van der Waals surface area (Å²) in [5.74, 6) is 5.22. The second-order valence-electron chi connectivity index (χ2n) is 4.10. The maximum Gasteiger partial charge on any atom is 0.251 e. The van der Waals surface area contributed by atoms with E-state index in [2.05, 4.69) is 17.2 Å². The van der Waals surface area contributed by atoms with Gasteiger partial charge in [-0.3, -0.25) is 4.79 Å². The number of rotatable bonds is 3. The van der Waals surface area contributed by atoms with E-state index in [9.17, 15) is 4.79 Å². The van der Waals surface area contributed by atoms with Crippen LogP contribution in [0.5, 0.6) is 0 Å². The second kappa shape index (κ2) is 7.25. The van der Waals surface area contributed by atoms with Crippen molar-refractivity contribution in [1.82, 2.24) is 5.32 Å². The van der Waals surface area contributed by atoms with E-state index < -0.39 is 0 Å². The molecular weight excluding hydrogens is 284 g/mol. The standard InChI is InChI=1S/C16H12N2O2S/c17-10-12-3-5-13(6-4-12)16(20)18-11-15-8-7-14(21-15)2-1-9-19/h3-8,19H,9,11H2,(H,18,20). The van der Waals surface area contributed by atoms with E-state index in [1.165, 1.54) is 11.3 Å². The first-order valence-electron chi connectivity index (χ1n) is 6.19. The topological polar surface area (TPSA) is 73.1 Å². The SMILES string of the molecule is N#Cc1ccc(C(=O)NCc2ccc(C#CCO)s2)cc1. The number of hydrogen-bond acceptors (Lipinski definition) is 4. The number of nitriles is 1. The molecule has 21 heavy (non-hydrogen) atoms. The van der Waals surface area contributed by atoms with Crippen LogP contribution in [-0.2, 0) is 6.54 Å². The lowest BCUT2D eigenvalue weighted by Crippen LogP contribution is -2.22. The third-order valence-electron chi connectivity index (χ3n) is 2.65. The Morgan fingerprint density at radius 1 is 1.24 bits per heavy atom. The molecule has 5 heteroatoms. The first kappa shape index (κ1) is 14.8. The average molecular weight is 296 g/mol. The van der Waals surface area contributed by atoms with Crippen LogP contribution in [-0.4, -0.2) is 17.6 Å². The molecule has 0 spiro atoms. The lowest BCUT2D eigenvalue weighted by atomic mass is 10.1. The summed E-state index contributed by atoms with van der Waals surface area (Å²) in [7, 11) is 0. The molecule has 2 rings (SSSR count). The molecule has 2 aromatic rings. The summed E-state index contributed by atoms with van der Waals surface area (Å²) in [5, 5.41) is 20.1. The predicted molar refractivity (Wildman–Crippen MR) is 80.6 cm³/mol. The van der Waals surface area contributed by atoms with E-state index in [-0.39, 0.29) is 12.5 Å². The van der Waals surface area contributed by atoms with Gasteiger partial charge in [-0.15, -0.1) is 11.3 Å². The van der Waals surface area contributed by atoms with Gasteiger partial charge in [-0.05, 0) is 36.4 Å². The van der Waals surface area contributed by atoms with E-state index in [1.54, 1.807) is 24.3 Å². The summed E-state index contributed by atoms with van der Waals surface area (Å²) in [6, 6.07) is 12.2. The Morgan fingerprint density at radius 2 is 2.00 bits per heavy atom. The Labute approximate surface area is 126 Å². The van der Waals surface area contributed by atoms with Gasteiger partial charge in [0.2, 0.25) is 0 Å². The third kappa shape index (κ3) is 4.19. The monoisotopic (exact) mass is 296 g/mol. The molecule has 1 aromatic heterocycles. The van der Waals surface area contributed by atoms with Gasteiger partial charge < -0.3 is 10.4 Å². The van der Waals surface area contributed by atoms with Crippen molar-refractivity contribution in [2.24, 2.45) is 0 Å². The molecule has 0 saturated heterocycles. The lowest BCUT2D eigenvalue weighted by molar-refractivity contribution is 0.0951. The van der Waals surface area contributed by atoms with Crippen LogP contribution in [0.2, 0.25) is 0 Å². The Kier molecular flexibility index (Phi) is 5.11. The highest BCUT2D eigenvalue weighted by molar-refractivity contribution is 7.12. The number of hydrogen-bond donors (Lipinski definition) is 2. The number of carbonyl (C=O) groups excluding carboxylic acids is 1. The van der Waals surface area contributed by atoms with Crippen LogP contribution in [0, 0.1) is 23.2 Å². The fourth-order valence-electron chi connectivity index (χ4n) is 1.63. The van der Waals surface area contributed by atoms with Crippen LogP contribution in [0.15, 0.2) is 36.4 Å². The number of amides is 1. The molecule has 0 saturated carbocycles. The summed E-state index contributed by atoms with van der Waals surface area (Å²) in [5.41, 5.74) is 1.04. The molecule has 104 valence electrons. The zero-order chi connectivity index (χ0) is 15.1. The maximum absolute atomic E-state index is 11.9. The van der Waals surface area contributed by atoms with Crippen molar-refractivity contribution in [1.29, 1.82) is 5.26 Å². The zero-order valence-corrected chi connectivity index (χ0v) is 11.9. The predicted octanol–water partition coefficient (Wildman–Crippen LogP) is 1.89. The Morgan fingerprint density at radius 3 is 2.67 bits per heavy atom. The zero-order valence-electron chi connectivity index (χ0n) is 11.1. The molecular formula is C16H12N2O2S. The number of aliphatic hydroxyl groups is 1. The number of benzene rings is 1. The first-order chi connectivity index (χ1) is 10.2. The van der Waals surface area contributed by atoms with Gasteiger partial charge in [0.1, 0.15) is 6.61 Å². The average Bonchev–Trinajstić information content (AvgIpc) is 2.98. The summed E-state index contributed by atoms with van der Waals surface area (Å²) in [6.45, 7) is 0.257. The molecule has 0 fully saturated rings. The minimum Gasteiger partial charge on any atom is -0.384 e. The fourth-order valence-corrected chi connectivity index (χ4v) is 2.45. The molecule has 0 radical (unpaired) electrons. The lowest BCUT2D eigenvalue weighted by Gasteiger charge is -2.03. The van der Waals surface area contributed by atoms with Gasteiger partial charge in [0.25, 0.3) is 5.91 Å². The summed E-state index contributed by atoms with van der Waals surface area (Å²) >= 11 is 1.47. The number of thiophene rings is 1. The van der Waals surface area contributed by atoms with Crippen molar-refractivity contribution in [2.75, 3.05) is 6.61 Å². The van der Waals surface area contributed by atoms with Crippen LogP contribution in [0.4, 0.5) is 0 Å². The van der Waals surface area contributed by atoms with Crippen LogP contribution >= 0.6 is 11.3 Å². The fraction of sp³-hybridized carbons (Fsp3) is 0.125. The summed E-state index contributed by atoms with van der Waals surface area (Å²) in [4.78, 5) is 13.8. The highest BCUT2D eigenvalue weighted by Gasteiger charge is 2.06. The van der Waals surface area contributed by atoms with Crippen molar-refractivity contribution >= 4 is 17.2 Å². The Hall–Kier alpha value is -2.60. The molecule has 0 bridgehead atoms. The van der Waals surface area contributed by atoms with Gasteiger partial charge in [0.15, 0.2) is 0 Å². The second-order valence-corrected chi connectivity index (χ2v) is 5.27. The molecule has 2 N–H and O–H groups in total. The normalized spacial score (nSPS) is 9.33. The van der Waals surface area contributed by atoms with Crippen molar-refractivity contribution in [3.63, 3.8) is 0 Å². The van der Waals surface area contributed by atoms with Gasteiger partial charge in [-0.1, -0.05) is 11.8 Å². The molecule has 0 atom stereocenters. The minimum atomic E-state index is -0.184. The van der Waals surface area contributed by atoms with Crippen molar-refractivity contribution in [2.45, 2.75) is 6.54 Å². The quantitative estimate of drug-likeness (QED) is 0.850. The molecule has 1 aromatic carbocycles. The summed E-state index contributed by atoms with van der Waals surface area (Å²) < 4.78 is 0. The molecule has 4 nitrogen and oxygen atoms in total. The van der Waals surface area contributed by atoms with Gasteiger partial charge in [-0.25, -0.2) is 0 Å². The van der Waals surface area contributed by atoms with E-state index in [4.69, 9.17) is 10.4 Å². The van der Waals surface area contributed by atoms with Crippen molar-refractivity contribution in [3.8, 4) is 17.9 Å². The number of aliphatic hydroxyl groups excluding tert-OH is 1. The largest absolute Gasteiger partial charge is 0.384 e. The molecule has 0 unspecified atom stereocenters. The van der Waals surface area contributed by atoms with E-state index in [1.807, 2.05) is 18.2 Å². The van der Waals surface area contributed by atoms with Gasteiger partial charge in [0.05, 0.1) is 23.1 Å². The maximum atomic E-state index is 11.9. The number of nitrogens with one attached hydrogen (secondary N) is 1. The Bertz CT molecular complexity index is 730. The van der Waals surface area contributed by atoms with Crippen LogP contribution < -0.4 is 5.32 Å². The number of nitrogens with zero attached hydrogens (tertiary/aromatic N) is 1. The highest BCUT2D eigenvalue weighted by atomic mass is 32.1. The van der Waals surface area contributed by atoms with E-state index >= 15 is 0 Å². The van der Waals surface area contributed by atoms with Crippen LogP contribution in [0.3, 0.4) is 0 Å².